The summed E-state index contributed by atoms with van der Waals surface area (Å²) >= 11 is 0. The number of aromatic nitrogens is 1. The summed E-state index contributed by atoms with van der Waals surface area (Å²) in [5, 5.41) is 3.48. The van der Waals surface area contributed by atoms with Crippen molar-refractivity contribution < 1.29 is 8.81 Å². The van der Waals surface area contributed by atoms with Crippen LogP contribution in [0.5, 0.6) is 0 Å². The average Bonchev–Trinajstić information content (AvgIpc) is 4.02. The second kappa shape index (κ2) is 15.3. The molecular weight excluding hydrogens is 808 g/mol. The van der Waals surface area contributed by atoms with Crippen molar-refractivity contribution in [1.82, 2.24) is 4.57 Å². The Morgan fingerprint density at radius 3 is 2.18 bits per heavy atom. The topological polar surface area (TPSA) is 21.3 Å². The van der Waals surface area contributed by atoms with E-state index in [1.54, 1.807) is 6.08 Å². The predicted octanol–water partition coefficient (Wildman–Crippen LogP) is 16.6. The quantitative estimate of drug-likeness (QED) is 0.159. The fourth-order valence-electron chi connectivity index (χ4n) is 11.9. The number of alkyl halides is 1. The molecule has 1 unspecified atom stereocenters. The second-order valence-electron chi connectivity index (χ2n) is 18.6. The van der Waals surface area contributed by atoms with E-state index in [-0.39, 0.29) is 5.92 Å². The molecule has 0 fully saturated rings. The van der Waals surface area contributed by atoms with Gasteiger partial charge in [0.2, 0.25) is 0 Å². The maximum atomic E-state index is 14.2. The molecule has 5 aliphatic carbocycles. The molecule has 0 radical (unpaired) electrons. The second-order valence-corrected chi connectivity index (χ2v) is 18.6. The summed E-state index contributed by atoms with van der Waals surface area (Å²) in [7, 11) is 0. The molecule has 0 bridgehead atoms. The standard InChI is InChI=1S/C62H49FN2O/c1-40-14-12-21-52-60-58(24-13-25-59(60)66-61(40)52)64(48-35-36-50-49-19-8-10-22-54(49)62(55(50)39-48,43-15-4-2-5-16-43)44-17-6-3-7-18-44)46-31-26-41(27-32-46)42-28-37-57-53(38-42)51-20-9-11-23-56(51)65(57)47-33-29-45(63)30-34-47/h4,6,8-29,31-37,39,42,45H,2-3,5,7,30,38H2,1H3/t42?,45-/m1/s1. The maximum absolute atomic E-state index is 14.2. The number of aryl methyl sites for hydroxylation is 1. The zero-order valence-corrected chi connectivity index (χ0v) is 37.1. The SMILES string of the molecule is Cc1cccc2c1oc1cccc(N(c3ccc(C4C=Cc5c(c6ccccc6n5C5=CC[C@H](F)C=C5)C4)cc3)c3ccc4c(c3)C(C3=CCCC=C3)(C3=CCCC=C3)c3ccccc3-4)c12. The van der Waals surface area contributed by atoms with Crippen LogP contribution < -0.4 is 4.90 Å². The van der Waals surface area contributed by atoms with Gasteiger partial charge in [-0.1, -0.05) is 134 Å². The van der Waals surface area contributed by atoms with Gasteiger partial charge in [-0.15, -0.1) is 0 Å². The Hall–Kier alpha value is -7.43. The smallest absolute Gasteiger partial charge is 0.138 e. The number of rotatable bonds is 7. The summed E-state index contributed by atoms with van der Waals surface area (Å²) < 4.78 is 23.2. The minimum atomic E-state index is -0.928. The number of halogens is 1. The molecule has 6 aromatic carbocycles. The fourth-order valence-corrected chi connectivity index (χ4v) is 11.9. The van der Waals surface area contributed by atoms with Crippen molar-refractivity contribution in [3.05, 3.63) is 233 Å². The lowest BCUT2D eigenvalue weighted by molar-refractivity contribution is 0.402. The number of hydrogen-bond acceptors (Lipinski definition) is 2. The molecule has 320 valence electrons. The Morgan fingerprint density at radius 2 is 1.39 bits per heavy atom. The number of anilines is 3. The van der Waals surface area contributed by atoms with Crippen LogP contribution in [0.3, 0.4) is 0 Å². The third kappa shape index (κ3) is 5.87. The number of furan rings is 1. The molecule has 4 heteroatoms. The highest BCUT2D eigenvalue weighted by atomic mass is 19.1. The molecule has 0 aliphatic heterocycles. The van der Waals surface area contributed by atoms with Crippen molar-refractivity contribution in [2.75, 3.05) is 4.90 Å². The molecular formula is C62H49FN2O. The first-order chi connectivity index (χ1) is 32.6. The summed E-state index contributed by atoms with van der Waals surface area (Å²) in [6, 6.07) is 47.2. The highest BCUT2D eigenvalue weighted by molar-refractivity contribution is 6.14. The number of nitrogens with zero attached hydrogens (tertiary/aromatic N) is 2. The van der Waals surface area contributed by atoms with Gasteiger partial charge in [0.15, 0.2) is 0 Å². The van der Waals surface area contributed by atoms with Gasteiger partial charge in [0, 0.05) is 45.9 Å². The van der Waals surface area contributed by atoms with Crippen LogP contribution >= 0.6 is 0 Å². The van der Waals surface area contributed by atoms with Gasteiger partial charge >= 0.3 is 0 Å². The summed E-state index contributed by atoms with van der Waals surface area (Å²) in [5.41, 5.74) is 19.8. The average molecular weight is 857 g/mol. The first kappa shape index (κ1) is 39.0. The molecule has 2 heterocycles. The van der Waals surface area contributed by atoms with Crippen LogP contribution in [0.15, 0.2) is 204 Å². The first-order valence-corrected chi connectivity index (χ1v) is 23.7. The van der Waals surface area contributed by atoms with E-state index in [9.17, 15) is 4.39 Å². The summed E-state index contributed by atoms with van der Waals surface area (Å²) in [4.78, 5) is 2.46. The highest BCUT2D eigenvalue weighted by Gasteiger charge is 2.48. The Morgan fingerprint density at radius 1 is 0.652 bits per heavy atom. The van der Waals surface area contributed by atoms with E-state index in [1.165, 1.54) is 55.6 Å². The summed E-state index contributed by atoms with van der Waals surface area (Å²) in [6.07, 6.45) is 29.3. The van der Waals surface area contributed by atoms with E-state index < -0.39 is 11.6 Å². The van der Waals surface area contributed by atoms with Crippen LogP contribution in [0, 0.1) is 6.92 Å². The van der Waals surface area contributed by atoms with Gasteiger partial charge in [-0.2, -0.15) is 0 Å². The Bertz CT molecular complexity index is 3490. The summed E-state index contributed by atoms with van der Waals surface area (Å²) in [6.45, 7) is 2.13. The first-order valence-electron chi connectivity index (χ1n) is 23.7. The zero-order chi connectivity index (χ0) is 43.9. The van der Waals surface area contributed by atoms with Gasteiger partial charge in [-0.05, 0) is 150 Å². The third-order valence-electron chi connectivity index (χ3n) is 14.9. The van der Waals surface area contributed by atoms with Gasteiger partial charge in [-0.3, -0.25) is 0 Å². The molecule has 2 atom stereocenters. The molecule has 3 nitrogen and oxygen atoms in total. The van der Waals surface area contributed by atoms with Gasteiger partial charge in [0.1, 0.15) is 17.3 Å². The van der Waals surface area contributed by atoms with Gasteiger partial charge < -0.3 is 13.9 Å². The van der Waals surface area contributed by atoms with E-state index in [2.05, 4.69) is 192 Å². The number of fused-ring (bicyclic) bond motifs is 9. The molecule has 13 rings (SSSR count). The normalized spacial score (nSPS) is 19.2. The highest BCUT2D eigenvalue weighted by Crippen LogP contribution is 2.59. The van der Waals surface area contributed by atoms with Gasteiger partial charge in [0.05, 0.1) is 22.0 Å². The minimum Gasteiger partial charge on any atom is -0.456 e. The van der Waals surface area contributed by atoms with Crippen LogP contribution in [0.25, 0.3) is 55.7 Å². The molecule has 0 spiro atoms. The van der Waals surface area contributed by atoms with E-state index in [0.717, 1.165) is 87.9 Å². The lowest BCUT2D eigenvalue weighted by Crippen LogP contribution is -2.30. The molecule has 0 saturated heterocycles. The Kier molecular flexibility index (Phi) is 9.06. The molecule has 2 aromatic heterocycles. The Labute approximate surface area is 385 Å². The largest absolute Gasteiger partial charge is 0.456 e. The molecule has 0 N–H and O–H groups in total. The molecule has 66 heavy (non-hydrogen) atoms. The van der Waals surface area contributed by atoms with Crippen LogP contribution in [-0.4, -0.2) is 10.7 Å². The van der Waals surface area contributed by atoms with Crippen LogP contribution in [0.4, 0.5) is 21.5 Å². The summed E-state index contributed by atoms with van der Waals surface area (Å²) in [5.74, 6) is 0.197. The predicted molar refractivity (Wildman–Crippen MR) is 273 cm³/mol. The van der Waals surface area contributed by atoms with Crippen molar-refractivity contribution in [3.63, 3.8) is 0 Å². The van der Waals surface area contributed by atoms with E-state index in [0.29, 0.717) is 6.42 Å². The fraction of sp³-hybridized carbons (Fsp3) is 0.161. The van der Waals surface area contributed by atoms with Crippen molar-refractivity contribution in [3.8, 4) is 11.1 Å². The maximum Gasteiger partial charge on any atom is 0.138 e. The Balaban J connectivity index is 0.971. The van der Waals surface area contributed by atoms with E-state index in [1.807, 2.05) is 12.2 Å². The molecule has 0 amide bonds. The lowest BCUT2D eigenvalue weighted by Gasteiger charge is -2.38. The number of para-hydroxylation sites is 2. The van der Waals surface area contributed by atoms with Crippen LogP contribution in [0.2, 0.25) is 0 Å². The number of allylic oxidation sites excluding steroid dienone is 13. The zero-order valence-electron chi connectivity index (χ0n) is 37.1. The molecule has 8 aromatic rings. The van der Waals surface area contributed by atoms with Gasteiger partial charge in [-0.25, -0.2) is 4.39 Å². The van der Waals surface area contributed by atoms with Crippen LogP contribution in [-0.2, 0) is 11.8 Å². The lowest BCUT2D eigenvalue weighted by atomic mass is 9.64. The van der Waals surface area contributed by atoms with Crippen molar-refractivity contribution >= 4 is 61.7 Å². The van der Waals surface area contributed by atoms with Crippen molar-refractivity contribution in [2.45, 2.75) is 63.0 Å². The van der Waals surface area contributed by atoms with Crippen LogP contribution in [0.1, 0.15) is 71.5 Å². The van der Waals surface area contributed by atoms with E-state index >= 15 is 0 Å². The molecule has 5 aliphatic rings. The number of benzene rings is 6. The minimum absolute atomic E-state index is 0.197. The molecule has 0 saturated carbocycles. The third-order valence-corrected chi connectivity index (χ3v) is 14.9. The monoisotopic (exact) mass is 856 g/mol. The van der Waals surface area contributed by atoms with Crippen molar-refractivity contribution in [1.29, 1.82) is 0 Å². The number of hydrogen-bond donors (Lipinski definition) is 0. The van der Waals surface area contributed by atoms with Gasteiger partial charge in [0.25, 0.3) is 0 Å². The van der Waals surface area contributed by atoms with Crippen molar-refractivity contribution in [2.24, 2.45) is 0 Å². The van der Waals surface area contributed by atoms with E-state index in [4.69, 9.17) is 4.42 Å².